The highest BCUT2D eigenvalue weighted by atomic mass is 35.5. The maximum Gasteiger partial charge on any atom is 0.179 e. The van der Waals surface area contributed by atoms with E-state index in [1.54, 1.807) is 6.07 Å². The van der Waals surface area contributed by atoms with Gasteiger partial charge >= 0.3 is 0 Å². The van der Waals surface area contributed by atoms with Crippen LogP contribution in [0.5, 0.6) is 0 Å². The second-order valence-corrected chi connectivity index (χ2v) is 2.71. The number of hydrogen-bond acceptors (Lipinski definition) is 2. The summed E-state index contributed by atoms with van der Waals surface area (Å²) < 4.78 is 0. The number of rotatable bonds is 0. The number of aromatic nitrogens is 3. The molecule has 3 nitrogen and oxygen atoms in total. The molecule has 2 aromatic heterocycles. The molecule has 0 atom stereocenters. The van der Waals surface area contributed by atoms with Crippen molar-refractivity contribution in [3.05, 3.63) is 23.1 Å². The average molecular weight is 198 g/mol. The molecule has 0 aliphatic heterocycles. The molecule has 0 aromatic carbocycles. The molecule has 0 aliphatic carbocycles. The average Bonchev–Trinajstić information content (AvgIpc) is 2.48. The number of nitrogens with zero attached hydrogens (tertiary/aromatic N) is 2. The Morgan fingerprint density at radius 2 is 1.92 bits per heavy atom. The Bertz CT molecular complexity index is 395. The Hall–Kier alpha value is -1.09. The summed E-state index contributed by atoms with van der Waals surface area (Å²) in [5, 5.41) is 0.476. The van der Waals surface area contributed by atoms with Crippen LogP contribution < -0.4 is 0 Å². The zero-order valence-electron chi connectivity index (χ0n) is 7.93. The van der Waals surface area contributed by atoms with E-state index in [1.807, 2.05) is 26.8 Å². The van der Waals surface area contributed by atoms with Crippen molar-refractivity contribution >= 4 is 22.8 Å². The second-order valence-electron chi connectivity index (χ2n) is 2.33. The van der Waals surface area contributed by atoms with Crippen LogP contribution in [0.2, 0.25) is 5.15 Å². The zero-order valence-corrected chi connectivity index (χ0v) is 8.68. The molecule has 2 aromatic rings. The van der Waals surface area contributed by atoms with Gasteiger partial charge in [0.05, 0.1) is 5.52 Å². The first-order chi connectivity index (χ1) is 6.25. The summed E-state index contributed by atoms with van der Waals surface area (Å²) in [6.45, 7) is 5.88. The maximum absolute atomic E-state index is 5.66. The molecule has 0 spiro atoms. The largest absolute Gasteiger partial charge is 0.341 e. The number of nitrogens with one attached hydrogen (secondary N) is 1. The van der Waals surface area contributed by atoms with Gasteiger partial charge in [0, 0.05) is 0 Å². The van der Waals surface area contributed by atoms with Crippen molar-refractivity contribution in [1.29, 1.82) is 0 Å². The number of imidazole rings is 1. The van der Waals surface area contributed by atoms with Crippen molar-refractivity contribution < 1.29 is 0 Å². The third-order valence-corrected chi connectivity index (χ3v) is 1.64. The first kappa shape index (κ1) is 9.99. The number of fused-ring (bicyclic) bond motifs is 1. The van der Waals surface area contributed by atoms with Crippen LogP contribution in [-0.4, -0.2) is 15.0 Å². The molecule has 0 aliphatic rings. The first-order valence-electron chi connectivity index (χ1n) is 4.24. The van der Waals surface area contributed by atoms with Crippen molar-refractivity contribution in [3.8, 4) is 0 Å². The normalized spacial score (nSPS) is 9.54. The lowest BCUT2D eigenvalue weighted by molar-refractivity contribution is 1.16. The molecule has 0 bridgehead atoms. The minimum atomic E-state index is 0.476. The molecular formula is C9H12ClN3. The van der Waals surface area contributed by atoms with E-state index < -0.39 is 0 Å². The van der Waals surface area contributed by atoms with E-state index in [9.17, 15) is 0 Å². The van der Waals surface area contributed by atoms with E-state index in [4.69, 9.17) is 11.6 Å². The van der Waals surface area contributed by atoms with Crippen LogP contribution in [0.15, 0.2) is 12.1 Å². The molecule has 4 heteroatoms. The third-order valence-electron chi connectivity index (χ3n) is 1.43. The molecule has 0 amide bonds. The Balaban J connectivity index is 0.000000396. The summed E-state index contributed by atoms with van der Waals surface area (Å²) in [4.78, 5) is 11.2. The third kappa shape index (κ3) is 2.18. The van der Waals surface area contributed by atoms with Gasteiger partial charge in [0.2, 0.25) is 0 Å². The summed E-state index contributed by atoms with van der Waals surface area (Å²) in [5.74, 6) is 0.856. The van der Waals surface area contributed by atoms with E-state index in [-0.39, 0.29) is 0 Å². The van der Waals surface area contributed by atoms with Crippen LogP contribution in [0.1, 0.15) is 19.7 Å². The van der Waals surface area contributed by atoms with Gasteiger partial charge in [-0.15, -0.1) is 0 Å². The fraction of sp³-hybridized carbons (Fsp3) is 0.333. The monoisotopic (exact) mass is 197 g/mol. The predicted molar refractivity (Wildman–Crippen MR) is 55.0 cm³/mol. The number of hydrogen-bond donors (Lipinski definition) is 1. The van der Waals surface area contributed by atoms with E-state index >= 15 is 0 Å². The highest BCUT2D eigenvalue weighted by molar-refractivity contribution is 6.29. The second kappa shape index (κ2) is 4.23. The minimum Gasteiger partial charge on any atom is -0.341 e. The van der Waals surface area contributed by atoms with Gasteiger partial charge in [0.15, 0.2) is 5.65 Å². The molecular weight excluding hydrogens is 186 g/mol. The molecule has 13 heavy (non-hydrogen) atoms. The Morgan fingerprint density at radius 3 is 2.62 bits per heavy atom. The fourth-order valence-electron chi connectivity index (χ4n) is 0.990. The van der Waals surface area contributed by atoms with Crippen LogP contribution in [0.25, 0.3) is 11.2 Å². The molecule has 0 saturated carbocycles. The highest BCUT2D eigenvalue weighted by Crippen LogP contribution is 2.11. The summed E-state index contributed by atoms with van der Waals surface area (Å²) in [6.07, 6.45) is 0. The van der Waals surface area contributed by atoms with Crippen molar-refractivity contribution in [2.75, 3.05) is 0 Å². The van der Waals surface area contributed by atoms with Crippen LogP contribution in [-0.2, 0) is 0 Å². The maximum atomic E-state index is 5.66. The van der Waals surface area contributed by atoms with E-state index in [2.05, 4.69) is 15.0 Å². The topological polar surface area (TPSA) is 41.6 Å². The van der Waals surface area contributed by atoms with Gasteiger partial charge in [0.1, 0.15) is 11.0 Å². The standard InChI is InChI=1S/C7H6ClN3.C2H6/c1-4-9-5-2-3-6(8)11-7(5)10-4;1-2/h2-3H,1H3,(H,9,10,11);1-2H3. The lowest BCUT2D eigenvalue weighted by Gasteiger charge is -1.86. The minimum absolute atomic E-state index is 0.476. The van der Waals surface area contributed by atoms with Crippen molar-refractivity contribution in [3.63, 3.8) is 0 Å². The van der Waals surface area contributed by atoms with Gasteiger partial charge in [-0.1, -0.05) is 25.4 Å². The molecule has 70 valence electrons. The zero-order chi connectivity index (χ0) is 9.84. The predicted octanol–water partition coefficient (Wildman–Crippen LogP) is 2.95. The Morgan fingerprint density at radius 1 is 1.23 bits per heavy atom. The van der Waals surface area contributed by atoms with Gasteiger partial charge < -0.3 is 4.98 Å². The molecule has 0 unspecified atom stereocenters. The van der Waals surface area contributed by atoms with Crippen LogP contribution in [0.4, 0.5) is 0 Å². The van der Waals surface area contributed by atoms with Gasteiger partial charge in [-0.25, -0.2) is 9.97 Å². The van der Waals surface area contributed by atoms with Gasteiger partial charge in [-0.05, 0) is 19.1 Å². The fourth-order valence-corrected chi connectivity index (χ4v) is 1.13. The summed E-state index contributed by atoms with van der Waals surface area (Å²) in [6, 6.07) is 3.60. The quantitative estimate of drug-likeness (QED) is 0.660. The van der Waals surface area contributed by atoms with E-state index in [1.165, 1.54) is 0 Å². The molecule has 0 fully saturated rings. The smallest absolute Gasteiger partial charge is 0.179 e. The number of halogens is 1. The SMILES string of the molecule is CC.Cc1nc2nc(Cl)ccc2[nH]1. The molecule has 2 rings (SSSR count). The van der Waals surface area contributed by atoms with E-state index in [0.29, 0.717) is 10.8 Å². The van der Waals surface area contributed by atoms with Gasteiger partial charge in [0.25, 0.3) is 0 Å². The number of aryl methyl sites for hydroxylation is 1. The molecule has 2 heterocycles. The van der Waals surface area contributed by atoms with Crippen LogP contribution in [0.3, 0.4) is 0 Å². The highest BCUT2D eigenvalue weighted by Gasteiger charge is 1.99. The molecule has 0 radical (unpaired) electrons. The lowest BCUT2D eigenvalue weighted by Crippen LogP contribution is -1.76. The van der Waals surface area contributed by atoms with Crippen molar-refractivity contribution in [2.24, 2.45) is 0 Å². The van der Waals surface area contributed by atoms with E-state index in [0.717, 1.165) is 11.3 Å². The number of H-pyrrole nitrogens is 1. The lowest BCUT2D eigenvalue weighted by atomic mass is 10.4. The Kier molecular flexibility index (Phi) is 3.25. The summed E-state index contributed by atoms with van der Waals surface area (Å²) in [5.41, 5.74) is 1.60. The number of pyridine rings is 1. The van der Waals surface area contributed by atoms with Gasteiger partial charge in [-0.2, -0.15) is 0 Å². The molecule has 0 saturated heterocycles. The van der Waals surface area contributed by atoms with Crippen LogP contribution >= 0.6 is 11.6 Å². The van der Waals surface area contributed by atoms with Crippen LogP contribution in [0, 0.1) is 6.92 Å². The van der Waals surface area contributed by atoms with Crippen molar-refractivity contribution in [1.82, 2.24) is 15.0 Å². The summed E-state index contributed by atoms with van der Waals surface area (Å²) in [7, 11) is 0. The van der Waals surface area contributed by atoms with Gasteiger partial charge in [-0.3, -0.25) is 0 Å². The summed E-state index contributed by atoms with van der Waals surface area (Å²) >= 11 is 5.66. The van der Waals surface area contributed by atoms with Crippen molar-refractivity contribution in [2.45, 2.75) is 20.8 Å². The Labute approximate surface area is 82.2 Å². The first-order valence-corrected chi connectivity index (χ1v) is 4.62. The molecule has 1 N–H and O–H groups in total. The number of aromatic amines is 1.